The van der Waals surface area contributed by atoms with Gasteiger partial charge in [-0.05, 0) is 35.7 Å². The Morgan fingerprint density at radius 1 is 1.09 bits per heavy atom. The number of aliphatic hydroxyl groups is 1. The van der Waals surface area contributed by atoms with E-state index in [4.69, 9.17) is 13.9 Å². The standard InChI is InChI=1S/C27H38O5Si/c1-26(2,3)33(24-12-8-6-9-13-24,25-14-10-7-11-15-25)31-17-16-21(28)18-22(29)19-23-20-30-27(4,5)32-23/h6-15,21,23,28H,16-20H2,1-5H3/t21-,23-/m0/s1. The summed E-state index contributed by atoms with van der Waals surface area (Å²) in [5.41, 5.74) is 0. The molecule has 5 nitrogen and oxygen atoms in total. The predicted molar refractivity (Wildman–Crippen MR) is 133 cm³/mol. The Hall–Kier alpha value is -1.83. The van der Waals surface area contributed by atoms with Crippen LogP contribution >= 0.6 is 0 Å². The van der Waals surface area contributed by atoms with Gasteiger partial charge in [-0.25, -0.2) is 0 Å². The second-order valence-electron chi connectivity index (χ2n) is 10.4. The largest absolute Gasteiger partial charge is 0.407 e. The van der Waals surface area contributed by atoms with Crippen LogP contribution in [0.5, 0.6) is 0 Å². The van der Waals surface area contributed by atoms with Crippen LogP contribution in [0.15, 0.2) is 60.7 Å². The summed E-state index contributed by atoms with van der Waals surface area (Å²) in [5.74, 6) is -0.660. The Labute approximate surface area is 199 Å². The number of carbonyl (C=O) groups is 1. The van der Waals surface area contributed by atoms with Crippen molar-refractivity contribution in [3.05, 3.63) is 60.7 Å². The van der Waals surface area contributed by atoms with Gasteiger partial charge < -0.3 is 19.0 Å². The molecule has 2 atom stereocenters. The molecule has 180 valence electrons. The average molecular weight is 471 g/mol. The third kappa shape index (κ3) is 6.40. The number of benzene rings is 2. The number of rotatable bonds is 10. The Morgan fingerprint density at radius 2 is 1.64 bits per heavy atom. The lowest BCUT2D eigenvalue weighted by Crippen LogP contribution is -2.66. The van der Waals surface area contributed by atoms with E-state index in [-0.39, 0.29) is 29.8 Å². The molecule has 0 radical (unpaired) electrons. The first kappa shape index (κ1) is 25.8. The van der Waals surface area contributed by atoms with E-state index in [9.17, 15) is 9.90 Å². The van der Waals surface area contributed by atoms with Crippen LogP contribution in [0.3, 0.4) is 0 Å². The van der Waals surface area contributed by atoms with Crippen LogP contribution in [0.1, 0.15) is 53.9 Å². The maximum absolute atomic E-state index is 12.5. The van der Waals surface area contributed by atoms with Crippen molar-refractivity contribution < 1.29 is 23.8 Å². The summed E-state index contributed by atoms with van der Waals surface area (Å²) in [5, 5.41) is 12.9. The fraction of sp³-hybridized carbons (Fsp3) is 0.519. The molecule has 1 saturated heterocycles. The van der Waals surface area contributed by atoms with Gasteiger partial charge in [-0.1, -0.05) is 81.4 Å². The van der Waals surface area contributed by atoms with E-state index in [1.54, 1.807) is 0 Å². The lowest BCUT2D eigenvalue weighted by Gasteiger charge is -2.43. The van der Waals surface area contributed by atoms with Gasteiger partial charge in [0.2, 0.25) is 0 Å². The van der Waals surface area contributed by atoms with E-state index >= 15 is 0 Å². The number of hydrogen-bond donors (Lipinski definition) is 1. The third-order valence-electron chi connectivity index (χ3n) is 6.17. The van der Waals surface area contributed by atoms with Gasteiger partial charge in [-0.3, -0.25) is 4.79 Å². The lowest BCUT2D eigenvalue weighted by atomic mass is 10.1. The minimum absolute atomic E-state index is 0.0146. The van der Waals surface area contributed by atoms with Gasteiger partial charge in [0.05, 0.1) is 18.8 Å². The molecule has 1 N–H and O–H groups in total. The number of Topliss-reactive ketones (excluding diaryl/α,β-unsaturated/α-hetero) is 1. The van der Waals surface area contributed by atoms with E-state index in [0.717, 1.165) is 0 Å². The van der Waals surface area contributed by atoms with Gasteiger partial charge in [0.15, 0.2) is 5.79 Å². The summed E-state index contributed by atoms with van der Waals surface area (Å²) in [6, 6.07) is 20.9. The highest BCUT2D eigenvalue weighted by atomic mass is 28.4. The molecule has 0 bridgehead atoms. The minimum atomic E-state index is -2.63. The first-order valence-electron chi connectivity index (χ1n) is 11.8. The van der Waals surface area contributed by atoms with Crippen LogP contribution in [0.4, 0.5) is 0 Å². The van der Waals surface area contributed by atoms with E-state index in [2.05, 4.69) is 69.3 Å². The quantitative estimate of drug-likeness (QED) is 0.535. The Balaban J connectivity index is 1.67. The Kier molecular flexibility index (Phi) is 8.29. The van der Waals surface area contributed by atoms with Crippen molar-refractivity contribution in [2.45, 2.75) is 76.9 Å². The molecule has 0 aromatic heterocycles. The Bertz CT molecular complexity index is 852. The number of ketones is 1. The number of aliphatic hydroxyl groups excluding tert-OH is 1. The molecule has 2 aromatic rings. The molecule has 1 aliphatic rings. The zero-order valence-corrected chi connectivity index (χ0v) is 21.5. The fourth-order valence-electron chi connectivity index (χ4n) is 4.68. The lowest BCUT2D eigenvalue weighted by molar-refractivity contribution is -0.142. The Morgan fingerprint density at radius 3 is 2.09 bits per heavy atom. The number of ether oxygens (including phenoxy) is 2. The normalized spacial score (nSPS) is 19.4. The molecule has 0 spiro atoms. The van der Waals surface area contributed by atoms with Gasteiger partial charge in [-0.15, -0.1) is 0 Å². The summed E-state index contributed by atoms with van der Waals surface area (Å²) in [7, 11) is -2.63. The summed E-state index contributed by atoms with van der Waals surface area (Å²) in [4.78, 5) is 12.5. The molecule has 33 heavy (non-hydrogen) atoms. The molecule has 2 aromatic carbocycles. The zero-order valence-electron chi connectivity index (χ0n) is 20.5. The van der Waals surface area contributed by atoms with Crippen LogP contribution in [-0.4, -0.2) is 50.4 Å². The van der Waals surface area contributed by atoms with Crippen LogP contribution < -0.4 is 10.4 Å². The van der Waals surface area contributed by atoms with Crippen molar-refractivity contribution in [2.75, 3.05) is 13.2 Å². The van der Waals surface area contributed by atoms with E-state index in [1.165, 1.54) is 10.4 Å². The monoisotopic (exact) mass is 470 g/mol. The van der Waals surface area contributed by atoms with Gasteiger partial charge in [0.25, 0.3) is 8.32 Å². The van der Waals surface area contributed by atoms with Gasteiger partial charge in [0.1, 0.15) is 5.78 Å². The molecular formula is C27H38O5Si. The number of carbonyl (C=O) groups excluding carboxylic acids is 1. The first-order chi connectivity index (χ1) is 15.5. The first-order valence-corrected chi connectivity index (χ1v) is 13.7. The van der Waals surface area contributed by atoms with Gasteiger partial charge in [-0.2, -0.15) is 0 Å². The van der Waals surface area contributed by atoms with Crippen molar-refractivity contribution in [1.82, 2.24) is 0 Å². The predicted octanol–water partition coefficient (Wildman–Crippen LogP) is 3.81. The topological polar surface area (TPSA) is 65.0 Å². The average Bonchev–Trinajstić information content (AvgIpc) is 3.09. The van der Waals surface area contributed by atoms with Crippen molar-refractivity contribution in [3.8, 4) is 0 Å². The SMILES string of the molecule is CC1(C)OC[C@H](CC(=O)C[C@@H](O)CCO[Si](c2ccccc2)(c2ccccc2)C(C)(C)C)O1. The summed E-state index contributed by atoms with van der Waals surface area (Å²) in [6.45, 7) is 11.2. The maximum Gasteiger partial charge on any atom is 0.261 e. The second-order valence-corrected chi connectivity index (χ2v) is 14.7. The van der Waals surface area contributed by atoms with Crippen LogP contribution in [0.25, 0.3) is 0 Å². The molecular weight excluding hydrogens is 432 g/mol. The molecule has 1 aliphatic heterocycles. The minimum Gasteiger partial charge on any atom is -0.407 e. The van der Waals surface area contributed by atoms with Crippen LogP contribution in [0, 0.1) is 0 Å². The van der Waals surface area contributed by atoms with Crippen LogP contribution in [0.2, 0.25) is 5.04 Å². The summed E-state index contributed by atoms with van der Waals surface area (Å²) >= 11 is 0. The smallest absolute Gasteiger partial charge is 0.261 e. The zero-order chi connectivity index (χ0) is 24.1. The van der Waals surface area contributed by atoms with E-state index in [1.807, 2.05) is 26.0 Å². The van der Waals surface area contributed by atoms with E-state index in [0.29, 0.717) is 19.6 Å². The van der Waals surface area contributed by atoms with Crippen molar-refractivity contribution in [1.29, 1.82) is 0 Å². The van der Waals surface area contributed by atoms with Crippen molar-refractivity contribution >= 4 is 24.5 Å². The van der Waals surface area contributed by atoms with Gasteiger partial charge in [0, 0.05) is 19.4 Å². The highest BCUT2D eigenvalue weighted by molar-refractivity contribution is 6.99. The molecule has 0 saturated carbocycles. The molecule has 3 rings (SSSR count). The maximum atomic E-state index is 12.5. The van der Waals surface area contributed by atoms with Crippen molar-refractivity contribution in [3.63, 3.8) is 0 Å². The number of hydrogen-bond acceptors (Lipinski definition) is 5. The third-order valence-corrected chi connectivity index (χ3v) is 11.2. The van der Waals surface area contributed by atoms with Gasteiger partial charge >= 0.3 is 0 Å². The molecule has 1 fully saturated rings. The molecule has 0 aliphatic carbocycles. The summed E-state index contributed by atoms with van der Waals surface area (Å²) < 4.78 is 18.0. The van der Waals surface area contributed by atoms with Crippen LogP contribution in [-0.2, 0) is 18.7 Å². The molecule has 1 heterocycles. The molecule has 0 unspecified atom stereocenters. The summed E-state index contributed by atoms with van der Waals surface area (Å²) in [6.07, 6.45) is -0.219. The van der Waals surface area contributed by atoms with Crippen molar-refractivity contribution in [2.24, 2.45) is 0 Å². The highest BCUT2D eigenvalue weighted by Gasteiger charge is 2.50. The highest BCUT2D eigenvalue weighted by Crippen LogP contribution is 2.36. The molecule has 6 heteroatoms. The fourth-order valence-corrected chi connectivity index (χ4v) is 9.25. The second kappa shape index (κ2) is 10.6. The molecule has 0 amide bonds. The van der Waals surface area contributed by atoms with E-state index < -0.39 is 20.2 Å².